The largest absolute Gasteiger partial charge is 0.372 e. The maximum atomic E-state index is 5.90. The second-order valence-corrected chi connectivity index (χ2v) is 8.56. The lowest BCUT2D eigenvalue weighted by Gasteiger charge is -2.36. The molecule has 0 radical (unpaired) electrons. The van der Waals surface area contributed by atoms with Gasteiger partial charge in [-0.2, -0.15) is 5.10 Å². The van der Waals surface area contributed by atoms with Crippen LogP contribution in [0.15, 0.2) is 42.7 Å². The fourth-order valence-corrected chi connectivity index (χ4v) is 4.63. The first-order valence-electron chi connectivity index (χ1n) is 10.5. The van der Waals surface area contributed by atoms with E-state index in [0.29, 0.717) is 5.92 Å². The quantitative estimate of drug-likeness (QED) is 0.567. The Hall–Kier alpha value is -2.86. The van der Waals surface area contributed by atoms with Gasteiger partial charge in [-0.15, -0.1) is 0 Å². The SMILES string of the molecule is C[C@@H]1CN(c2ccc3ncc(-c4ccc5n[nH]c(C6CC6)c5c4)n3c2)C[C@H](C)O1. The van der Waals surface area contributed by atoms with E-state index in [1.54, 1.807) is 0 Å². The van der Waals surface area contributed by atoms with E-state index in [2.05, 4.69) is 74.9 Å². The van der Waals surface area contributed by atoms with Gasteiger partial charge in [0, 0.05) is 41.8 Å². The molecule has 148 valence electrons. The molecule has 1 N–H and O–H groups in total. The number of hydrogen-bond acceptors (Lipinski definition) is 4. The van der Waals surface area contributed by atoms with Crippen molar-refractivity contribution in [3.05, 3.63) is 48.4 Å². The van der Waals surface area contributed by atoms with Crippen molar-refractivity contribution >= 4 is 22.2 Å². The summed E-state index contributed by atoms with van der Waals surface area (Å²) in [7, 11) is 0. The number of H-pyrrole nitrogens is 1. The summed E-state index contributed by atoms with van der Waals surface area (Å²) in [6, 6.07) is 10.8. The fraction of sp³-hybridized carbons (Fsp3) is 0.391. The van der Waals surface area contributed by atoms with Crippen LogP contribution in [0.1, 0.15) is 38.3 Å². The van der Waals surface area contributed by atoms with E-state index in [-0.39, 0.29) is 12.2 Å². The molecular formula is C23H25N5O. The van der Waals surface area contributed by atoms with Crippen LogP contribution in [0.4, 0.5) is 5.69 Å². The number of fused-ring (bicyclic) bond motifs is 2. The summed E-state index contributed by atoms with van der Waals surface area (Å²) >= 11 is 0. The smallest absolute Gasteiger partial charge is 0.137 e. The van der Waals surface area contributed by atoms with Gasteiger partial charge in [0.25, 0.3) is 0 Å². The Balaban J connectivity index is 1.43. The molecule has 0 amide bonds. The molecule has 1 saturated heterocycles. The third-order valence-electron chi connectivity index (χ3n) is 6.14. The molecule has 1 saturated carbocycles. The Morgan fingerprint density at radius 1 is 1.07 bits per heavy atom. The minimum Gasteiger partial charge on any atom is -0.372 e. The monoisotopic (exact) mass is 387 g/mol. The second kappa shape index (κ2) is 6.32. The molecule has 0 spiro atoms. The summed E-state index contributed by atoms with van der Waals surface area (Å²) in [5.41, 5.74) is 6.79. The lowest BCUT2D eigenvalue weighted by molar-refractivity contribution is -0.00523. The molecule has 3 aromatic heterocycles. The third kappa shape index (κ3) is 2.90. The predicted molar refractivity (Wildman–Crippen MR) is 114 cm³/mol. The van der Waals surface area contributed by atoms with Crippen molar-refractivity contribution in [1.82, 2.24) is 19.6 Å². The molecule has 1 aromatic carbocycles. The van der Waals surface area contributed by atoms with E-state index in [1.165, 1.54) is 35.2 Å². The molecule has 1 aliphatic heterocycles. The van der Waals surface area contributed by atoms with E-state index in [4.69, 9.17) is 4.74 Å². The third-order valence-corrected chi connectivity index (χ3v) is 6.14. The minimum absolute atomic E-state index is 0.237. The summed E-state index contributed by atoms with van der Waals surface area (Å²) in [6.45, 7) is 6.10. The highest BCUT2D eigenvalue weighted by atomic mass is 16.5. The van der Waals surface area contributed by atoms with Crippen molar-refractivity contribution in [2.45, 2.75) is 44.8 Å². The average Bonchev–Trinajstić information content (AvgIpc) is 3.33. The van der Waals surface area contributed by atoms with Crippen molar-refractivity contribution in [3.63, 3.8) is 0 Å². The molecule has 6 heteroatoms. The Morgan fingerprint density at radius 3 is 2.69 bits per heavy atom. The van der Waals surface area contributed by atoms with Gasteiger partial charge in [-0.3, -0.25) is 9.50 Å². The highest BCUT2D eigenvalue weighted by Crippen LogP contribution is 2.42. The zero-order valence-corrected chi connectivity index (χ0v) is 16.8. The van der Waals surface area contributed by atoms with Gasteiger partial charge in [0.1, 0.15) is 5.65 Å². The number of imidazole rings is 1. The van der Waals surface area contributed by atoms with Crippen LogP contribution < -0.4 is 4.90 Å². The molecule has 0 unspecified atom stereocenters. The summed E-state index contributed by atoms with van der Waals surface area (Å²) in [5.74, 6) is 0.648. The van der Waals surface area contributed by atoms with Crippen molar-refractivity contribution < 1.29 is 4.74 Å². The van der Waals surface area contributed by atoms with Gasteiger partial charge in [0.2, 0.25) is 0 Å². The summed E-state index contributed by atoms with van der Waals surface area (Å²) in [4.78, 5) is 7.05. The van der Waals surface area contributed by atoms with Gasteiger partial charge < -0.3 is 9.64 Å². The zero-order valence-electron chi connectivity index (χ0n) is 16.8. The van der Waals surface area contributed by atoms with Crippen molar-refractivity contribution in [2.75, 3.05) is 18.0 Å². The number of nitrogens with zero attached hydrogens (tertiary/aromatic N) is 4. The minimum atomic E-state index is 0.237. The van der Waals surface area contributed by atoms with E-state index < -0.39 is 0 Å². The molecule has 1 aliphatic carbocycles. The Labute approximate surface area is 169 Å². The van der Waals surface area contributed by atoms with Crippen molar-refractivity contribution in [3.8, 4) is 11.3 Å². The van der Waals surface area contributed by atoms with Crippen LogP contribution in [0.5, 0.6) is 0 Å². The lowest BCUT2D eigenvalue weighted by Crippen LogP contribution is -2.45. The van der Waals surface area contributed by atoms with E-state index in [1.807, 2.05) is 6.20 Å². The van der Waals surface area contributed by atoms with Crippen LogP contribution in [0.3, 0.4) is 0 Å². The molecule has 2 fully saturated rings. The Kier molecular flexibility index (Phi) is 3.71. The predicted octanol–water partition coefficient (Wildman–Crippen LogP) is 4.37. The van der Waals surface area contributed by atoms with E-state index in [9.17, 15) is 0 Å². The fourth-order valence-electron chi connectivity index (χ4n) is 4.63. The van der Waals surface area contributed by atoms with Crippen molar-refractivity contribution in [2.24, 2.45) is 0 Å². The van der Waals surface area contributed by atoms with Crippen LogP contribution in [0.2, 0.25) is 0 Å². The summed E-state index contributed by atoms with van der Waals surface area (Å²) < 4.78 is 8.11. The number of rotatable bonds is 3. The number of aromatic nitrogens is 4. The first kappa shape index (κ1) is 17.0. The van der Waals surface area contributed by atoms with Gasteiger partial charge in [-0.25, -0.2) is 4.98 Å². The number of morpholine rings is 1. The molecule has 6 rings (SSSR count). The summed E-state index contributed by atoms with van der Waals surface area (Å²) in [5, 5.41) is 8.99. The first-order valence-corrected chi connectivity index (χ1v) is 10.5. The lowest BCUT2D eigenvalue weighted by atomic mass is 10.1. The van der Waals surface area contributed by atoms with Crippen LogP contribution in [-0.4, -0.2) is 44.9 Å². The molecular weight excluding hydrogens is 362 g/mol. The highest BCUT2D eigenvalue weighted by Gasteiger charge is 2.27. The molecule has 4 aromatic rings. The van der Waals surface area contributed by atoms with E-state index in [0.717, 1.165) is 29.9 Å². The standard InChI is InChI=1S/C23H25N5O/c1-14-11-27(12-15(2)29-14)18-6-8-22-24-10-21(28(22)13-18)17-5-7-20-19(9-17)23(26-25-20)16-3-4-16/h5-10,13-16H,3-4,11-12H2,1-2H3,(H,25,26)/t14-,15+. The van der Waals surface area contributed by atoms with Gasteiger partial charge in [-0.1, -0.05) is 6.07 Å². The topological polar surface area (TPSA) is 58.5 Å². The van der Waals surface area contributed by atoms with Gasteiger partial charge >= 0.3 is 0 Å². The number of pyridine rings is 1. The van der Waals surface area contributed by atoms with Gasteiger partial charge in [-0.05, 0) is 51.0 Å². The van der Waals surface area contributed by atoms with E-state index >= 15 is 0 Å². The molecule has 4 heterocycles. The number of anilines is 1. The zero-order chi connectivity index (χ0) is 19.5. The van der Waals surface area contributed by atoms with Crippen molar-refractivity contribution in [1.29, 1.82) is 0 Å². The number of benzene rings is 1. The maximum Gasteiger partial charge on any atom is 0.137 e. The second-order valence-electron chi connectivity index (χ2n) is 8.56. The number of hydrogen-bond donors (Lipinski definition) is 1. The molecule has 6 nitrogen and oxygen atoms in total. The molecule has 0 bridgehead atoms. The Morgan fingerprint density at radius 2 is 1.90 bits per heavy atom. The molecule has 2 atom stereocenters. The highest BCUT2D eigenvalue weighted by molar-refractivity contribution is 5.87. The van der Waals surface area contributed by atoms with Crippen LogP contribution >= 0.6 is 0 Å². The summed E-state index contributed by atoms with van der Waals surface area (Å²) in [6.07, 6.45) is 7.18. The number of nitrogens with one attached hydrogen (secondary N) is 1. The normalized spacial score (nSPS) is 22.6. The van der Waals surface area contributed by atoms with Crippen LogP contribution in [0.25, 0.3) is 27.8 Å². The van der Waals surface area contributed by atoms with Gasteiger partial charge in [0.05, 0.1) is 35.3 Å². The molecule has 29 heavy (non-hydrogen) atoms. The maximum absolute atomic E-state index is 5.90. The number of aromatic amines is 1. The van der Waals surface area contributed by atoms with Gasteiger partial charge in [0.15, 0.2) is 0 Å². The number of ether oxygens (including phenoxy) is 1. The first-order chi connectivity index (χ1) is 14.2. The van der Waals surface area contributed by atoms with Crippen LogP contribution in [0, 0.1) is 0 Å². The van der Waals surface area contributed by atoms with Crippen LogP contribution in [-0.2, 0) is 4.74 Å². The molecule has 2 aliphatic rings. The Bertz CT molecular complexity index is 1190. The average molecular weight is 387 g/mol.